The summed E-state index contributed by atoms with van der Waals surface area (Å²) in [6.45, 7) is 0. The van der Waals surface area contributed by atoms with Crippen LogP contribution in [0.3, 0.4) is 0 Å². The van der Waals surface area contributed by atoms with Gasteiger partial charge in [-0.3, -0.25) is 0 Å². The van der Waals surface area contributed by atoms with Crippen LogP contribution >= 0.6 is 0 Å². The topological polar surface area (TPSA) is 32.3 Å². The molecule has 1 heterocycles. The smallest absolute Gasteiger partial charge is 0.0973 e. The average Bonchev–Trinajstić information content (AvgIpc) is 3.33. The zero-order chi connectivity index (χ0) is 40.1. The molecule has 0 saturated carbocycles. The maximum atomic E-state index is 5.26. The summed E-state index contributed by atoms with van der Waals surface area (Å²) in [5, 5.41) is 0. The predicted octanol–water partition coefficient (Wildman–Crippen LogP) is 15.2. The van der Waals surface area contributed by atoms with Crippen molar-refractivity contribution in [3.8, 4) is 44.8 Å². The van der Waals surface area contributed by atoms with Gasteiger partial charge in [0.2, 0.25) is 0 Å². The molecule has 0 spiro atoms. The van der Waals surface area contributed by atoms with Crippen LogP contribution in [-0.2, 0) is 0 Å². The lowest BCUT2D eigenvalue weighted by molar-refractivity contribution is 1.26. The van der Waals surface area contributed by atoms with E-state index in [0.717, 1.165) is 67.7 Å². The van der Waals surface area contributed by atoms with E-state index in [4.69, 9.17) is 9.97 Å². The van der Waals surface area contributed by atoms with Crippen molar-refractivity contribution in [1.29, 1.82) is 0 Å². The minimum atomic E-state index is 0.834. The largest absolute Gasteiger partial charge is 0.310 e. The van der Waals surface area contributed by atoms with Crippen LogP contribution in [0, 0.1) is 0 Å². The fraction of sp³-hybridized carbons (Fsp3) is 0. The molecular formula is C56H40N4. The maximum absolute atomic E-state index is 5.26. The first-order valence-corrected chi connectivity index (χ1v) is 20.2. The monoisotopic (exact) mass is 768 g/mol. The van der Waals surface area contributed by atoms with Crippen molar-refractivity contribution >= 4 is 45.2 Å². The van der Waals surface area contributed by atoms with Gasteiger partial charge in [0.05, 0.1) is 22.4 Å². The molecule has 0 bridgehead atoms. The van der Waals surface area contributed by atoms with E-state index in [0.29, 0.717) is 0 Å². The lowest BCUT2D eigenvalue weighted by Gasteiger charge is -2.26. The lowest BCUT2D eigenvalue weighted by atomic mass is 10.0. The number of fused-ring (bicyclic) bond motifs is 1. The molecule has 1 aromatic heterocycles. The van der Waals surface area contributed by atoms with Gasteiger partial charge in [-0.25, -0.2) is 9.97 Å². The summed E-state index contributed by atoms with van der Waals surface area (Å²) in [6.07, 6.45) is 0. The van der Waals surface area contributed by atoms with Gasteiger partial charge in [-0.05, 0) is 107 Å². The fourth-order valence-corrected chi connectivity index (χ4v) is 7.90. The fourth-order valence-electron chi connectivity index (χ4n) is 7.90. The van der Waals surface area contributed by atoms with E-state index in [1.807, 2.05) is 24.3 Å². The van der Waals surface area contributed by atoms with Crippen molar-refractivity contribution < 1.29 is 0 Å². The summed E-state index contributed by atoms with van der Waals surface area (Å²) in [6, 6.07) is 85.1. The number of hydrogen-bond acceptors (Lipinski definition) is 4. The Bertz CT molecular complexity index is 2800. The Hall–Kier alpha value is -8.08. The second-order valence-corrected chi connectivity index (χ2v) is 14.7. The van der Waals surface area contributed by atoms with Crippen LogP contribution in [0.1, 0.15) is 0 Å². The van der Waals surface area contributed by atoms with Crippen molar-refractivity contribution in [2.24, 2.45) is 0 Å². The van der Waals surface area contributed by atoms with Crippen LogP contribution in [-0.4, -0.2) is 9.97 Å². The Labute approximate surface area is 351 Å². The number of anilines is 6. The third-order valence-electron chi connectivity index (χ3n) is 10.8. The van der Waals surface area contributed by atoms with Crippen molar-refractivity contribution in [1.82, 2.24) is 9.97 Å². The molecule has 4 nitrogen and oxygen atoms in total. The molecule has 0 aliphatic heterocycles. The molecule has 0 unspecified atom stereocenters. The van der Waals surface area contributed by atoms with Gasteiger partial charge in [-0.15, -0.1) is 0 Å². The number of rotatable bonds is 10. The van der Waals surface area contributed by atoms with E-state index in [9.17, 15) is 0 Å². The Morgan fingerprint density at radius 2 is 0.517 bits per heavy atom. The van der Waals surface area contributed by atoms with Crippen LogP contribution in [0.5, 0.6) is 0 Å². The summed E-state index contributed by atoms with van der Waals surface area (Å²) in [4.78, 5) is 15.1. The van der Waals surface area contributed by atoms with Crippen molar-refractivity contribution in [3.05, 3.63) is 243 Å². The van der Waals surface area contributed by atoms with E-state index in [2.05, 4.69) is 228 Å². The molecule has 0 aliphatic carbocycles. The Balaban J connectivity index is 1.03. The second-order valence-electron chi connectivity index (χ2n) is 14.7. The van der Waals surface area contributed by atoms with Crippen LogP contribution in [0.4, 0.5) is 34.1 Å². The normalized spacial score (nSPS) is 11.0. The second kappa shape index (κ2) is 16.4. The summed E-state index contributed by atoms with van der Waals surface area (Å²) in [5.74, 6) is 0. The van der Waals surface area contributed by atoms with Crippen molar-refractivity contribution in [2.45, 2.75) is 0 Å². The average molecular weight is 769 g/mol. The predicted molar refractivity (Wildman–Crippen MR) is 251 cm³/mol. The highest BCUT2D eigenvalue weighted by atomic mass is 15.1. The number of para-hydroxylation sites is 4. The Morgan fingerprint density at radius 1 is 0.217 bits per heavy atom. The molecule has 0 amide bonds. The molecule has 0 radical (unpaired) electrons. The minimum absolute atomic E-state index is 0.834. The first-order chi connectivity index (χ1) is 29.7. The molecule has 60 heavy (non-hydrogen) atoms. The molecule has 4 heteroatoms. The minimum Gasteiger partial charge on any atom is -0.310 e. The van der Waals surface area contributed by atoms with Gasteiger partial charge >= 0.3 is 0 Å². The third-order valence-corrected chi connectivity index (χ3v) is 10.8. The number of nitrogens with zero attached hydrogens (tertiary/aromatic N) is 4. The highest BCUT2D eigenvalue weighted by Gasteiger charge is 2.19. The van der Waals surface area contributed by atoms with E-state index in [-0.39, 0.29) is 0 Å². The van der Waals surface area contributed by atoms with E-state index in [1.54, 1.807) is 0 Å². The van der Waals surface area contributed by atoms with Gasteiger partial charge < -0.3 is 9.80 Å². The highest BCUT2D eigenvalue weighted by Crippen LogP contribution is 2.41. The summed E-state index contributed by atoms with van der Waals surface area (Å²) >= 11 is 0. The molecule has 9 aromatic carbocycles. The zero-order valence-electron chi connectivity index (χ0n) is 32.9. The summed E-state index contributed by atoms with van der Waals surface area (Å²) in [7, 11) is 0. The van der Waals surface area contributed by atoms with Gasteiger partial charge in [0.25, 0.3) is 0 Å². The first kappa shape index (κ1) is 36.3. The van der Waals surface area contributed by atoms with Gasteiger partial charge in [-0.1, -0.05) is 158 Å². The number of aromatic nitrogens is 2. The third kappa shape index (κ3) is 7.42. The van der Waals surface area contributed by atoms with E-state index in [1.165, 1.54) is 22.3 Å². The van der Waals surface area contributed by atoms with Crippen molar-refractivity contribution in [3.63, 3.8) is 0 Å². The molecule has 10 aromatic rings. The standard InChI is InChI=1S/C56H40N4/c1-5-17-41(18-6-1)45-21-15-27-51(39-45)59(47-23-9-3-10-24-47)49-35-31-43(32-36-49)55-56(58-54-30-14-13-29-53(54)57-55)44-33-37-50(38-34-44)60(48-25-11-4-12-26-48)52-28-16-22-46(40-52)42-19-7-2-8-20-42/h1-40H. The summed E-state index contributed by atoms with van der Waals surface area (Å²) < 4.78 is 0. The molecule has 0 saturated heterocycles. The molecule has 284 valence electrons. The van der Waals surface area contributed by atoms with Gasteiger partial charge in [0.1, 0.15) is 0 Å². The Kier molecular flexibility index (Phi) is 9.92. The Morgan fingerprint density at radius 3 is 0.900 bits per heavy atom. The van der Waals surface area contributed by atoms with Gasteiger partial charge in [-0.2, -0.15) is 0 Å². The van der Waals surface area contributed by atoms with Crippen LogP contribution in [0.15, 0.2) is 243 Å². The molecule has 0 fully saturated rings. The first-order valence-electron chi connectivity index (χ1n) is 20.2. The molecular weight excluding hydrogens is 729 g/mol. The van der Waals surface area contributed by atoms with E-state index >= 15 is 0 Å². The highest BCUT2D eigenvalue weighted by molar-refractivity contribution is 5.89. The van der Waals surface area contributed by atoms with Gasteiger partial charge in [0, 0.05) is 45.3 Å². The van der Waals surface area contributed by atoms with Crippen molar-refractivity contribution in [2.75, 3.05) is 9.80 Å². The lowest BCUT2D eigenvalue weighted by Crippen LogP contribution is -2.10. The van der Waals surface area contributed by atoms with Gasteiger partial charge in [0.15, 0.2) is 0 Å². The number of hydrogen-bond donors (Lipinski definition) is 0. The maximum Gasteiger partial charge on any atom is 0.0973 e. The molecule has 0 aliphatic rings. The summed E-state index contributed by atoms with van der Waals surface area (Å²) in [5.41, 5.74) is 16.5. The molecule has 0 atom stereocenters. The quantitative estimate of drug-likeness (QED) is 0.139. The molecule has 10 rings (SSSR count). The van der Waals surface area contributed by atoms with Crippen LogP contribution < -0.4 is 9.80 Å². The zero-order valence-corrected chi connectivity index (χ0v) is 32.9. The number of benzene rings is 9. The molecule has 0 N–H and O–H groups in total. The van der Waals surface area contributed by atoms with Crippen LogP contribution in [0.2, 0.25) is 0 Å². The van der Waals surface area contributed by atoms with Crippen LogP contribution in [0.25, 0.3) is 55.8 Å². The SMILES string of the molecule is c1ccc(-c2cccc(N(c3ccccc3)c3ccc(-c4nc5ccccc5nc4-c4ccc(N(c5ccccc5)c5cccc(-c6ccccc6)c5)cc4)cc3)c2)cc1. The van der Waals surface area contributed by atoms with E-state index < -0.39 is 0 Å².